The molecular formula is C10H23NO3. The Morgan fingerprint density at radius 1 is 1.07 bits per heavy atom. The number of ether oxygens (including phenoxy) is 3. The van der Waals surface area contributed by atoms with Crippen LogP contribution in [0.5, 0.6) is 0 Å². The average molecular weight is 205 g/mol. The summed E-state index contributed by atoms with van der Waals surface area (Å²) in [7, 11) is 1.91. The second-order valence-corrected chi connectivity index (χ2v) is 3.04. The second kappa shape index (κ2) is 9.40. The highest BCUT2D eigenvalue weighted by atomic mass is 16.7. The predicted octanol–water partition coefficient (Wildman–Crippen LogP) is 1.01. The molecule has 0 spiro atoms. The van der Waals surface area contributed by atoms with Crippen LogP contribution < -0.4 is 5.32 Å². The van der Waals surface area contributed by atoms with E-state index in [1.165, 1.54) is 0 Å². The third-order valence-electron chi connectivity index (χ3n) is 1.71. The number of nitrogens with one attached hydrogen (secondary N) is 1. The van der Waals surface area contributed by atoms with Gasteiger partial charge in [-0.1, -0.05) is 0 Å². The van der Waals surface area contributed by atoms with Crippen molar-refractivity contribution in [3.05, 3.63) is 0 Å². The summed E-state index contributed by atoms with van der Waals surface area (Å²) in [6.07, 6.45) is -0.0484. The van der Waals surface area contributed by atoms with Crippen LogP contribution in [0.25, 0.3) is 0 Å². The van der Waals surface area contributed by atoms with Crippen LogP contribution in [0.2, 0.25) is 0 Å². The molecule has 0 rings (SSSR count). The average Bonchev–Trinajstić information content (AvgIpc) is 2.15. The molecule has 4 nitrogen and oxygen atoms in total. The zero-order valence-corrected chi connectivity index (χ0v) is 9.71. The molecule has 0 saturated carbocycles. The quantitative estimate of drug-likeness (QED) is 0.570. The third kappa shape index (κ3) is 7.26. The Morgan fingerprint density at radius 2 is 1.64 bits per heavy atom. The fourth-order valence-corrected chi connectivity index (χ4v) is 1.11. The van der Waals surface area contributed by atoms with Crippen molar-refractivity contribution < 1.29 is 14.2 Å². The lowest BCUT2D eigenvalue weighted by molar-refractivity contribution is -0.174. The van der Waals surface area contributed by atoms with Crippen LogP contribution in [0.3, 0.4) is 0 Å². The van der Waals surface area contributed by atoms with E-state index in [2.05, 4.69) is 5.32 Å². The summed E-state index contributed by atoms with van der Waals surface area (Å²) >= 11 is 0. The van der Waals surface area contributed by atoms with E-state index in [-0.39, 0.29) is 12.4 Å². The fraction of sp³-hybridized carbons (Fsp3) is 1.00. The molecule has 0 saturated heterocycles. The van der Waals surface area contributed by atoms with Crippen LogP contribution in [0.1, 0.15) is 20.8 Å². The van der Waals surface area contributed by atoms with Crippen molar-refractivity contribution in [3.63, 3.8) is 0 Å². The molecule has 1 atom stereocenters. The van der Waals surface area contributed by atoms with E-state index in [1.54, 1.807) is 0 Å². The first kappa shape index (κ1) is 13.8. The first-order chi connectivity index (χ1) is 6.74. The molecule has 86 valence electrons. The van der Waals surface area contributed by atoms with Crippen molar-refractivity contribution in [3.8, 4) is 0 Å². The van der Waals surface area contributed by atoms with Crippen molar-refractivity contribution in [2.45, 2.75) is 33.2 Å². The summed E-state index contributed by atoms with van der Waals surface area (Å²) in [6.45, 7) is 8.54. The van der Waals surface area contributed by atoms with E-state index in [0.717, 1.165) is 6.54 Å². The lowest BCUT2D eigenvalue weighted by Crippen LogP contribution is -2.30. The monoisotopic (exact) mass is 205 g/mol. The highest BCUT2D eigenvalue weighted by Gasteiger charge is 2.10. The highest BCUT2D eigenvalue weighted by molar-refractivity contribution is 4.52. The SMILES string of the molecule is CCOC(COC(C)CNC)OCC. The van der Waals surface area contributed by atoms with E-state index in [4.69, 9.17) is 14.2 Å². The van der Waals surface area contributed by atoms with Crippen LogP contribution >= 0.6 is 0 Å². The Morgan fingerprint density at radius 3 is 2.07 bits per heavy atom. The number of hydrogen-bond donors (Lipinski definition) is 1. The van der Waals surface area contributed by atoms with Gasteiger partial charge >= 0.3 is 0 Å². The topological polar surface area (TPSA) is 39.7 Å². The smallest absolute Gasteiger partial charge is 0.180 e. The zero-order chi connectivity index (χ0) is 10.8. The van der Waals surface area contributed by atoms with Crippen molar-refractivity contribution in [2.24, 2.45) is 0 Å². The first-order valence-electron chi connectivity index (χ1n) is 5.23. The summed E-state index contributed by atoms with van der Waals surface area (Å²) in [6, 6.07) is 0. The Bertz CT molecular complexity index is 116. The number of hydrogen-bond acceptors (Lipinski definition) is 4. The maximum absolute atomic E-state index is 5.54. The summed E-state index contributed by atoms with van der Waals surface area (Å²) < 4.78 is 16.2. The van der Waals surface area contributed by atoms with Gasteiger partial charge in [0.25, 0.3) is 0 Å². The minimum atomic E-state index is -0.232. The Hall–Kier alpha value is -0.160. The summed E-state index contributed by atoms with van der Waals surface area (Å²) in [4.78, 5) is 0. The van der Waals surface area contributed by atoms with Crippen molar-refractivity contribution in [1.82, 2.24) is 5.32 Å². The van der Waals surface area contributed by atoms with Gasteiger partial charge in [-0.15, -0.1) is 0 Å². The predicted molar refractivity (Wildman–Crippen MR) is 56.4 cm³/mol. The lowest BCUT2D eigenvalue weighted by Gasteiger charge is -2.19. The van der Waals surface area contributed by atoms with E-state index in [1.807, 2.05) is 27.8 Å². The molecule has 1 N–H and O–H groups in total. The van der Waals surface area contributed by atoms with E-state index in [0.29, 0.717) is 19.8 Å². The van der Waals surface area contributed by atoms with Crippen molar-refractivity contribution >= 4 is 0 Å². The van der Waals surface area contributed by atoms with E-state index < -0.39 is 0 Å². The lowest BCUT2D eigenvalue weighted by atomic mass is 10.4. The normalized spacial score (nSPS) is 13.5. The molecule has 0 radical (unpaired) electrons. The molecule has 0 aromatic heterocycles. The fourth-order valence-electron chi connectivity index (χ4n) is 1.11. The minimum absolute atomic E-state index is 0.184. The maximum atomic E-state index is 5.54. The van der Waals surface area contributed by atoms with Gasteiger partial charge in [-0.05, 0) is 27.8 Å². The molecular weight excluding hydrogens is 182 g/mol. The van der Waals surface area contributed by atoms with Crippen LogP contribution in [0.15, 0.2) is 0 Å². The van der Waals surface area contributed by atoms with Gasteiger partial charge in [0.1, 0.15) is 0 Å². The van der Waals surface area contributed by atoms with E-state index in [9.17, 15) is 0 Å². The minimum Gasteiger partial charge on any atom is -0.372 e. The van der Waals surface area contributed by atoms with Gasteiger partial charge in [0.2, 0.25) is 0 Å². The molecule has 0 aliphatic heterocycles. The van der Waals surface area contributed by atoms with Crippen LogP contribution in [0, 0.1) is 0 Å². The summed E-state index contributed by atoms with van der Waals surface area (Å²) in [5, 5.41) is 3.05. The molecule has 0 amide bonds. The standard InChI is InChI=1S/C10H23NO3/c1-5-12-10(13-6-2)8-14-9(3)7-11-4/h9-11H,5-8H2,1-4H3. The Balaban J connectivity index is 3.57. The Kier molecular flexibility index (Phi) is 9.29. The maximum Gasteiger partial charge on any atom is 0.180 e. The van der Waals surface area contributed by atoms with Gasteiger partial charge in [-0.3, -0.25) is 0 Å². The van der Waals surface area contributed by atoms with Crippen LogP contribution in [-0.2, 0) is 14.2 Å². The van der Waals surface area contributed by atoms with Crippen LogP contribution in [-0.4, -0.2) is 45.8 Å². The molecule has 4 heteroatoms. The van der Waals surface area contributed by atoms with Gasteiger partial charge in [0, 0.05) is 19.8 Å². The number of likely N-dealkylation sites (N-methyl/N-ethyl adjacent to an activating group) is 1. The third-order valence-corrected chi connectivity index (χ3v) is 1.71. The molecule has 0 heterocycles. The highest BCUT2D eigenvalue weighted by Crippen LogP contribution is 1.98. The van der Waals surface area contributed by atoms with Gasteiger partial charge in [0.05, 0.1) is 12.7 Å². The van der Waals surface area contributed by atoms with Gasteiger partial charge in [-0.25, -0.2) is 0 Å². The van der Waals surface area contributed by atoms with Gasteiger partial charge < -0.3 is 19.5 Å². The Labute approximate surface area is 86.9 Å². The summed E-state index contributed by atoms with van der Waals surface area (Å²) in [5.74, 6) is 0. The first-order valence-corrected chi connectivity index (χ1v) is 5.23. The molecule has 0 aliphatic rings. The molecule has 14 heavy (non-hydrogen) atoms. The molecule has 0 aliphatic carbocycles. The summed E-state index contributed by atoms with van der Waals surface area (Å²) in [5.41, 5.74) is 0. The molecule has 0 fully saturated rings. The van der Waals surface area contributed by atoms with Crippen molar-refractivity contribution in [2.75, 3.05) is 33.4 Å². The number of rotatable bonds is 9. The van der Waals surface area contributed by atoms with Gasteiger partial charge in [-0.2, -0.15) is 0 Å². The van der Waals surface area contributed by atoms with Crippen molar-refractivity contribution in [1.29, 1.82) is 0 Å². The molecule has 0 aromatic carbocycles. The molecule has 1 unspecified atom stereocenters. The zero-order valence-electron chi connectivity index (χ0n) is 9.71. The van der Waals surface area contributed by atoms with E-state index >= 15 is 0 Å². The van der Waals surface area contributed by atoms with Crippen LogP contribution in [0.4, 0.5) is 0 Å². The molecule has 0 bridgehead atoms. The van der Waals surface area contributed by atoms with Gasteiger partial charge in [0.15, 0.2) is 6.29 Å². The largest absolute Gasteiger partial charge is 0.372 e. The second-order valence-electron chi connectivity index (χ2n) is 3.04. The molecule has 0 aromatic rings.